The Morgan fingerprint density at radius 2 is 2.00 bits per heavy atom. The highest BCUT2D eigenvalue weighted by Gasteiger charge is 2.35. The number of aliphatic hydroxyl groups is 1. The molecule has 1 rings (SSSR count). The van der Waals surface area contributed by atoms with E-state index in [2.05, 4.69) is 10.2 Å². The lowest BCUT2D eigenvalue weighted by Crippen LogP contribution is -2.39. The fourth-order valence-corrected chi connectivity index (χ4v) is 3.64. The van der Waals surface area contributed by atoms with Crippen LogP contribution in [0.2, 0.25) is 0 Å². The van der Waals surface area contributed by atoms with Crippen molar-refractivity contribution >= 4 is 9.84 Å². The van der Waals surface area contributed by atoms with Gasteiger partial charge in [-0.05, 0) is 40.0 Å². The number of hydrogen-bond donors (Lipinski definition) is 2. The molecule has 0 aliphatic carbocycles. The summed E-state index contributed by atoms with van der Waals surface area (Å²) in [5, 5.41) is 12.6. The molecule has 1 aliphatic rings. The van der Waals surface area contributed by atoms with Gasteiger partial charge in [0.1, 0.15) is 0 Å². The van der Waals surface area contributed by atoms with E-state index in [1.54, 1.807) is 0 Å². The molecule has 1 heterocycles. The van der Waals surface area contributed by atoms with Gasteiger partial charge in [0.2, 0.25) is 0 Å². The van der Waals surface area contributed by atoms with Crippen LogP contribution in [0.25, 0.3) is 0 Å². The first-order chi connectivity index (χ1) is 7.41. The van der Waals surface area contributed by atoms with Crippen molar-refractivity contribution in [2.75, 3.05) is 38.7 Å². The molecule has 6 heteroatoms. The van der Waals surface area contributed by atoms with Crippen LogP contribution in [0.15, 0.2) is 0 Å². The van der Waals surface area contributed by atoms with E-state index in [9.17, 15) is 13.5 Å². The molecule has 0 bridgehead atoms. The van der Waals surface area contributed by atoms with Gasteiger partial charge in [-0.15, -0.1) is 0 Å². The molecule has 0 radical (unpaired) electrons. The van der Waals surface area contributed by atoms with Crippen LogP contribution >= 0.6 is 0 Å². The zero-order chi connectivity index (χ0) is 12.2. The number of aliphatic hydroxyl groups excluding tert-OH is 1. The van der Waals surface area contributed by atoms with Gasteiger partial charge in [0.25, 0.3) is 0 Å². The minimum atomic E-state index is -3.02. The van der Waals surface area contributed by atoms with Gasteiger partial charge in [-0.25, -0.2) is 8.42 Å². The maximum atomic E-state index is 11.2. The average molecular weight is 250 g/mol. The Morgan fingerprint density at radius 3 is 2.50 bits per heavy atom. The van der Waals surface area contributed by atoms with E-state index < -0.39 is 15.9 Å². The largest absolute Gasteiger partial charge is 0.390 e. The first-order valence-corrected chi connectivity index (χ1v) is 7.49. The van der Waals surface area contributed by atoms with Gasteiger partial charge in [0.05, 0.1) is 17.6 Å². The summed E-state index contributed by atoms with van der Waals surface area (Å²) in [5.41, 5.74) is 0. The van der Waals surface area contributed by atoms with Gasteiger partial charge < -0.3 is 15.3 Å². The summed E-state index contributed by atoms with van der Waals surface area (Å²) in [7, 11) is 1.04. The Labute approximate surface area is 97.7 Å². The highest BCUT2D eigenvalue weighted by Crippen LogP contribution is 2.12. The van der Waals surface area contributed by atoms with Crippen molar-refractivity contribution < 1.29 is 13.5 Å². The molecule has 16 heavy (non-hydrogen) atoms. The van der Waals surface area contributed by atoms with Crippen molar-refractivity contribution in [3.05, 3.63) is 0 Å². The van der Waals surface area contributed by atoms with Crippen molar-refractivity contribution in [1.82, 2.24) is 10.2 Å². The Hall–Kier alpha value is -0.170. The molecule has 2 atom stereocenters. The van der Waals surface area contributed by atoms with Gasteiger partial charge in [-0.1, -0.05) is 0 Å². The second-order valence-electron chi connectivity index (χ2n) is 4.72. The van der Waals surface area contributed by atoms with Crippen LogP contribution < -0.4 is 5.32 Å². The smallest absolute Gasteiger partial charge is 0.154 e. The molecule has 1 aliphatic heterocycles. The Bertz CT molecular complexity index is 303. The standard InChI is InChI=1S/C10H22N2O3S/c1-12(2)6-4-3-5-11-9-7-16(14,15)8-10(9)13/h9-11,13H,3-8H2,1-2H3. The van der Waals surface area contributed by atoms with Gasteiger partial charge in [0, 0.05) is 6.04 Å². The molecule has 0 aromatic rings. The third kappa shape index (κ3) is 4.78. The zero-order valence-electron chi connectivity index (χ0n) is 10.0. The molecule has 1 saturated heterocycles. The van der Waals surface area contributed by atoms with Crippen molar-refractivity contribution in [3.63, 3.8) is 0 Å². The summed E-state index contributed by atoms with van der Waals surface area (Å²) in [6.07, 6.45) is 1.34. The molecule has 96 valence electrons. The fraction of sp³-hybridized carbons (Fsp3) is 1.00. The van der Waals surface area contributed by atoms with Crippen molar-refractivity contribution in [2.24, 2.45) is 0 Å². The number of hydrogen-bond acceptors (Lipinski definition) is 5. The lowest BCUT2D eigenvalue weighted by molar-refractivity contribution is 0.166. The van der Waals surface area contributed by atoms with Crippen molar-refractivity contribution in [2.45, 2.75) is 25.0 Å². The number of nitrogens with one attached hydrogen (secondary N) is 1. The molecule has 2 N–H and O–H groups in total. The minimum absolute atomic E-state index is 0.0713. The number of nitrogens with zero attached hydrogens (tertiary/aromatic N) is 1. The van der Waals surface area contributed by atoms with Crippen molar-refractivity contribution in [1.29, 1.82) is 0 Å². The third-order valence-corrected chi connectivity index (χ3v) is 4.48. The first-order valence-electron chi connectivity index (χ1n) is 5.67. The summed E-state index contributed by atoms with van der Waals surface area (Å²) in [5.74, 6) is -0.0236. The van der Waals surface area contributed by atoms with E-state index >= 15 is 0 Å². The van der Waals surface area contributed by atoms with E-state index in [1.165, 1.54) is 0 Å². The van der Waals surface area contributed by atoms with Crippen LogP contribution in [-0.2, 0) is 9.84 Å². The monoisotopic (exact) mass is 250 g/mol. The van der Waals surface area contributed by atoms with Crippen molar-refractivity contribution in [3.8, 4) is 0 Å². The number of unbranched alkanes of at least 4 members (excludes halogenated alkanes) is 1. The maximum Gasteiger partial charge on any atom is 0.154 e. The molecule has 0 saturated carbocycles. The highest BCUT2D eigenvalue weighted by atomic mass is 32.2. The third-order valence-electron chi connectivity index (χ3n) is 2.76. The molecule has 5 nitrogen and oxygen atoms in total. The molecule has 2 unspecified atom stereocenters. The SMILES string of the molecule is CN(C)CCCCNC1CS(=O)(=O)CC1O. The van der Waals surface area contributed by atoms with E-state index in [0.29, 0.717) is 0 Å². The predicted molar refractivity (Wildman–Crippen MR) is 64.2 cm³/mol. The summed E-state index contributed by atoms with van der Waals surface area (Å²) < 4.78 is 22.4. The maximum absolute atomic E-state index is 11.2. The van der Waals surface area contributed by atoms with Gasteiger partial charge in [-0.3, -0.25) is 0 Å². The van der Waals surface area contributed by atoms with E-state index in [1.807, 2.05) is 14.1 Å². The lowest BCUT2D eigenvalue weighted by Gasteiger charge is -2.15. The van der Waals surface area contributed by atoms with Crippen LogP contribution in [0.5, 0.6) is 0 Å². The fourth-order valence-electron chi connectivity index (χ4n) is 1.86. The van der Waals surface area contributed by atoms with Gasteiger partial charge in [0.15, 0.2) is 9.84 Å². The predicted octanol–water partition coefficient (Wildman–Crippen LogP) is -0.924. The molecule has 0 spiro atoms. The Balaban J connectivity index is 2.14. The molecular formula is C10H22N2O3S. The average Bonchev–Trinajstić information content (AvgIpc) is 2.38. The van der Waals surface area contributed by atoms with E-state index in [4.69, 9.17) is 0 Å². The van der Waals surface area contributed by atoms with E-state index in [-0.39, 0.29) is 17.5 Å². The van der Waals surface area contributed by atoms with Crippen LogP contribution in [0.3, 0.4) is 0 Å². The first kappa shape index (κ1) is 13.9. The van der Waals surface area contributed by atoms with Crippen LogP contribution in [0, 0.1) is 0 Å². The Morgan fingerprint density at radius 1 is 1.31 bits per heavy atom. The summed E-state index contributed by atoms with van der Waals surface area (Å²) in [6.45, 7) is 1.80. The highest BCUT2D eigenvalue weighted by molar-refractivity contribution is 7.91. The molecule has 1 fully saturated rings. The summed E-state index contributed by atoms with van der Waals surface area (Å²) >= 11 is 0. The van der Waals surface area contributed by atoms with Gasteiger partial charge in [-0.2, -0.15) is 0 Å². The molecule has 0 aromatic heterocycles. The topological polar surface area (TPSA) is 69.6 Å². The normalized spacial score (nSPS) is 28.8. The van der Waals surface area contributed by atoms with Crippen LogP contribution in [0.4, 0.5) is 0 Å². The molecule has 0 amide bonds. The van der Waals surface area contributed by atoms with Gasteiger partial charge >= 0.3 is 0 Å². The summed E-state index contributed by atoms with van der Waals surface area (Å²) in [6, 6.07) is -0.274. The second kappa shape index (κ2) is 5.95. The quantitative estimate of drug-likeness (QED) is 0.596. The summed E-state index contributed by atoms with van der Waals surface area (Å²) in [4.78, 5) is 2.12. The minimum Gasteiger partial charge on any atom is -0.390 e. The molecule has 0 aromatic carbocycles. The second-order valence-corrected chi connectivity index (χ2v) is 6.87. The van der Waals surface area contributed by atoms with Crippen LogP contribution in [-0.4, -0.2) is 69.3 Å². The van der Waals surface area contributed by atoms with E-state index in [0.717, 1.165) is 25.9 Å². The lowest BCUT2D eigenvalue weighted by atomic mass is 10.2. The number of rotatable bonds is 6. The van der Waals surface area contributed by atoms with Crippen LogP contribution in [0.1, 0.15) is 12.8 Å². The Kier molecular flexibility index (Phi) is 5.17. The zero-order valence-corrected chi connectivity index (χ0v) is 10.8. The number of sulfone groups is 1. The molecular weight excluding hydrogens is 228 g/mol.